The molecule has 4 aromatic rings. The Kier molecular flexibility index (Phi) is 4.47. The van der Waals surface area contributed by atoms with Gasteiger partial charge in [0.2, 0.25) is 5.95 Å². The smallest absolute Gasteiger partial charge is 0.290 e. The van der Waals surface area contributed by atoms with Crippen molar-refractivity contribution in [3.8, 4) is 0 Å². The van der Waals surface area contributed by atoms with Gasteiger partial charge in [0.25, 0.3) is 5.91 Å². The molecule has 0 aliphatic carbocycles. The van der Waals surface area contributed by atoms with E-state index in [1.807, 2.05) is 36.1 Å². The molecule has 2 aromatic heterocycles. The van der Waals surface area contributed by atoms with Gasteiger partial charge < -0.3 is 14.2 Å². The van der Waals surface area contributed by atoms with Crippen LogP contribution in [-0.2, 0) is 0 Å². The average Bonchev–Trinajstić information content (AvgIpc) is 3.11. The molecule has 1 saturated heterocycles. The van der Waals surface area contributed by atoms with E-state index in [0.717, 1.165) is 31.8 Å². The number of nitrogens with zero attached hydrogens (tertiary/aromatic N) is 4. The largest absolute Gasteiger partial charge is 0.450 e. The highest BCUT2D eigenvalue weighted by atomic mass is 79.9. The number of aryl methyl sites for hydroxylation is 1. The molecule has 6 nitrogen and oxygen atoms in total. The fraction of sp³-hybridized carbons (Fsp3) is 0.227. The summed E-state index contributed by atoms with van der Waals surface area (Å²) in [6.07, 6.45) is 3.48. The zero-order valence-corrected chi connectivity index (χ0v) is 17.5. The molecule has 0 bridgehead atoms. The summed E-state index contributed by atoms with van der Waals surface area (Å²) in [4.78, 5) is 25.8. The minimum atomic E-state index is -0.0563. The van der Waals surface area contributed by atoms with Crippen molar-refractivity contribution in [3.05, 3.63) is 64.6 Å². The molecule has 29 heavy (non-hydrogen) atoms. The Balaban J connectivity index is 1.40. The van der Waals surface area contributed by atoms with E-state index in [9.17, 15) is 4.79 Å². The Hall–Kier alpha value is -2.93. The topological polar surface area (TPSA) is 62.5 Å². The van der Waals surface area contributed by atoms with Crippen LogP contribution in [0.25, 0.3) is 21.7 Å². The Bertz CT molecular complexity index is 1210. The number of aromatic nitrogens is 2. The number of carbonyl (C=O) groups excluding carboxylic acids is 1. The Morgan fingerprint density at radius 1 is 1.00 bits per heavy atom. The third-order valence-corrected chi connectivity index (χ3v) is 5.89. The Labute approximate surface area is 176 Å². The van der Waals surface area contributed by atoms with Crippen LogP contribution in [0.4, 0.5) is 5.95 Å². The quantitative estimate of drug-likeness (QED) is 0.452. The van der Waals surface area contributed by atoms with Crippen LogP contribution in [0.3, 0.4) is 0 Å². The molecule has 0 unspecified atom stereocenters. The van der Waals surface area contributed by atoms with E-state index in [1.165, 1.54) is 0 Å². The molecule has 0 atom stereocenters. The number of furan rings is 1. The van der Waals surface area contributed by atoms with Gasteiger partial charge >= 0.3 is 0 Å². The van der Waals surface area contributed by atoms with Crippen molar-refractivity contribution in [1.82, 2.24) is 14.9 Å². The maximum absolute atomic E-state index is 13.2. The van der Waals surface area contributed by atoms with E-state index in [-0.39, 0.29) is 5.91 Å². The van der Waals surface area contributed by atoms with Crippen molar-refractivity contribution < 1.29 is 9.21 Å². The molecule has 2 aromatic carbocycles. The number of halogens is 1. The van der Waals surface area contributed by atoms with Gasteiger partial charge in [0, 0.05) is 54.9 Å². The third-order valence-electron chi connectivity index (χ3n) is 5.48. The molecule has 1 aliphatic rings. The summed E-state index contributed by atoms with van der Waals surface area (Å²) in [5.41, 5.74) is 1.68. The van der Waals surface area contributed by atoms with Crippen molar-refractivity contribution in [3.63, 3.8) is 0 Å². The van der Waals surface area contributed by atoms with Gasteiger partial charge in [0.05, 0.1) is 4.47 Å². The predicted molar refractivity (Wildman–Crippen MR) is 116 cm³/mol. The number of benzene rings is 2. The van der Waals surface area contributed by atoms with Gasteiger partial charge in [0.15, 0.2) is 5.76 Å². The summed E-state index contributed by atoms with van der Waals surface area (Å²) in [6.45, 7) is 4.55. The number of amides is 1. The van der Waals surface area contributed by atoms with Crippen LogP contribution in [0.15, 0.2) is 57.7 Å². The Morgan fingerprint density at radius 2 is 1.72 bits per heavy atom. The van der Waals surface area contributed by atoms with Crippen molar-refractivity contribution in [2.75, 3.05) is 31.1 Å². The molecule has 1 fully saturated rings. The number of anilines is 1. The van der Waals surface area contributed by atoms with E-state index in [4.69, 9.17) is 4.42 Å². The third kappa shape index (κ3) is 3.15. The lowest BCUT2D eigenvalue weighted by molar-refractivity contribution is 0.0715. The maximum atomic E-state index is 13.2. The van der Waals surface area contributed by atoms with Crippen molar-refractivity contribution in [2.24, 2.45) is 0 Å². The van der Waals surface area contributed by atoms with Gasteiger partial charge in [-0.2, -0.15) is 0 Å². The second-order valence-corrected chi connectivity index (χ2v) is 8.12. The number of hydrogen-bond donors (Lipinski definition) is 0. The van der Waals surface area contributed by atoms with Crippen LogP contribution in [0.1, 0.15) is 16.1 Å². The zero-order valence-electron chi connectivity index (χ0n) is 15.9. The van der Waals surface area contributed by atoms with Crippen LogP contribution < -0.4 is 4.90 Å². The van der Waals surface area contributed by atoms with E-state index in [2.05, 4.69) is 42.9 Å². The summed E-state index contributed by atoms with van der Waals surface area (Å²) < 4.78 is 6.97. The van der Waals surface area contributed by atoms with Crippen LogP contribution in [0.5, 0.6) is 0 Å². The van der Waals surface area contributed by atoms with Crippen molar-refractivity contribution in [2.45, 2.75) is 6.92 Å². The number of fused-ring (bicyclic) bond motifs is 3. The van der Waals surface area contributed by atoms with Gasteiger partial charge in [-0.15, -0.1) is 0 Å². The molecule has 0 spiro atoms. The molecule has 146 valence electrons. The summed E-state index contributed by atoms with van der Waals surface area (Å²) in [7, 11) is 0. The van der Waals surface area contributed by atoms with Crippen LogP contribution >= 0.6 is 15.9 Å². The lowest BCUT2D eigenvalue weighted by Crippen LogP contribution is -2.49. The standard InChI is InChI=1S/C22H19BrN4O2/c1-14-17-7-6-15-4-2-3-5-18(15)20(17)29-19(14)21(28)26-8-10-27(11-9-26)22-24-12-16(23)13-25-22/h2-7,12-13H,8-11H2,1H3. The van der Waals surface area contributed by atoms with E-state index in [1.54, 1.807) is 12.4 Å². The molecule has 3 heterocycles. The number of piperazine rings is 1. The van der Waals surface area contributed by atoms with Gasteiger partial charge in [0.1, 0.15) is 5.58 Å². The molecule has 1 amide bonds. The highest BCUT2D eigenvalue weighted by Crippen LogP contribution is 2.32. The highest BCUT2D eigenvalue weighted by molar-refractivity contribution is 9.10. The zero-order chi connectivity index (χ0) is 20.0. The first-order chi connectivity index (χ1) is 14.1. The number of rotatable bonds is 2. The van der Waals surface area contributed by atoms with Crippen LogP contribution in [0.2, 0.25) is 0 Å². The average molecular weight is 451 g/mol. The molecule has 1 aliphatic heterocycles. The molecule has 0 radical (unpaired) electrons. The minimum Gasteiger partial charge on any atom is -0.450 e. The first-order valence-electron chi connectivity index (χ1n) is 9.54. The molecule has 7 heteroatoms. The summed E-state index contributed by atoms with van der Waals surface area (Å²) in [6, 6.07) is 12.2. The van der Waals surface area contributed by atoms with E-state index in [0.29, 0.717) is 37.9 Å². The highest BCUT2D eigenvalue weighted by Gasteiger charge is 2.27. The number of carbonyl (C=O) groups is 1. The van der Waals surface area contributed by atoms with Gasteiger partial charge in [-0.3, -0.25) is 4.79 Å². The van der Waals surface area contributed by atoms with Gasteiger partial charge in [-0.25, -0.2) is 9.97 Å². The Morgan fingerprint density at radius 3 is 2.48 bits per heavy atom. The molecule has 5 rings (SSSR count). The number of hydrogen-bond acceptors (Lipinski definition) is 5. The molecular weight excluding hydrogens is 432 g/mol. The van der Waals surface area contributed by atoms with Gasteiger partial charge in [-0.1, -0.05) is 36.4 Å². The first kappa shape index (κ1) is 18.1. The van der Waals surface area contributed by atoms with Crippen LogP contribution in [0, 0.1) is 6.92 Å². The monoisotopic (exact) mass is 450 g/mol. The lowest BCUT2D eigenvalue weighted by atomic mass is 10.1. The van der Waals surface area contributed by atoms with Crippen LogP contribution in [-0.4, -0.2) is 47.0 Å². The molecule has 0 N–H and O–H groups in total. The van der Waals surface area contributed by atoms with Crippen molar-refractivity contribution >= 4 is 49.5 Å². The predicted octanol–water partition coefficient (Wildman–Crippen LogP) is 4.41. The summed E-state index contributed by atoms with van der Waals surface area (Å²) in [5, 5.41) is 3.13. The normalized spacial score (nSPS) is 14.7. The fourth-order valence-corrected chi connectivity index (χ4v) is 4.08. The minimum absolute atomic E-state index is 0.0563. The lowest BCUT2D eigenvalue weighted by Gasteiger charge is -2.34. The summed E-state index contributed by atoms with van der Waals surface area (Å²) in [5.74, 6) is 1.07. The maximum Gasteiger partial charge on any atom is 0.290 e. The summed E-state index contributed by atoms with van der Waals surface area (Å²) >= 11 is 3.35. The first-order valence-corrected chi connectivity index (χ1v) is 10.3. The van der Waals surface area contributed by atoms with E-state index < -0.39 is 0 Å². The SMILES string of the molecule is Cc1c(C(=O)N2CCN(c3ncc(Br)cn3)CC2)oc2c1ccc1ccccc12. The molecular formula is C22H19BrN4O2. The van der Waals surface area contributed by atoms with E-state index >= 15 is 0 Å². The van der Waals surface area contributed by atoms with Crippen molar-refractivity contribution in [1.29, 1.82) is 0 Å². The fourth-order valence-electron chi connectivity index (χ4n) is 3.88. The second-order valence-electron chi connectivity index (χ2n) is 7.20. The van der Waals surface area contributed by atoms with Gasteiger partial charge in [-0.05, 0) is 28.2 Å². The second kappa shape index (κ2) is 7.15. The molecule has 0 saturated carbocycles.